The lowest BCUT2D eigenvalue weighted by atomic mass is 9.36. The van der Waals surface area contributed by atoms with Crippen LogP contribution in [0.1, 0.15) is 86.0 Å². The van der Waals surface area contributed by atoms with Gasteiger partial charge in [0.05, 0.1) is 17.1 Å². The van der Waals surface area contributed by atoms with Crippen LogP contribution in [0, 0.1) is 68.5 Å². The molecular formula is C31H42F3NO4. The molecule has 0 radical (unpaired) electrons. The molecule has 8 heteroatoms. The van der Waals surface area contributed by atoms with Crippen LogP contribution in [0.5, 0.6) is 0 Å². The summed E-state index contributed by atoms with van der Waals surface area (Å²) in [4.78, 5) is 26.3. The van der Waals surface area contributed by atoms with Crippen LogP contribution in [0.15, 0.2) is 11.6 Å². The van der Waals surface area contributed by atoms with E-state index in [0.29, 0.717) is 32.1 Å². The van der Waals surface area contributed by atoms with Crippen molar-refractivity contribution in [2.75, 3.05) is 6.61 Å². The Labute approximate surface area is 229 Å². The van der Waals surface area contributed by atoms with E-state index in [2.05, 4.69) is 33.8 Å². The van der Waals surface area contributed by atoms with E-state index >= 15 is 0 Å². The Kier molecular flexibility index (Phi) is 6.65. The lowest BCUT2D eigenvalue weighted by Crippen LogP contribution is -2.65. The molecule has 0 bridgehead atoms. The van der Waals surface area contributed by atoms with Crippen molar-refractivity contribution in [1.29, 1.82) is 5.26 Å². The number of nitriles is 1. The first-order chi connectivity index (χ1) is 18.0. The summed E-state index contributed by atoms with van der Waals surface area (Å²) in [6.45, 7) is 9.06. The zero-order chi connectivity index (χ0) is 28.8. The van der Waals surface area contributed by atoms with E-state index < -0.39 is 35.7 Å². The largest absolute Gasteiger partial charge is 0.456 e. The molecule has 5 aliphatic rings. The first-order valence-electron chi connectivity index (χ1n) is 14.6. The fraction of sp³-hybridized carbons (Fsp3) is 0.839. The van der Waals surface area contributed by atoms with Gasteiger partial charge in [-0.1, -0.05) is 40.7 Å². The van der Waals surface area contributed by atoms with E-state index in [0.717, 1.165) is 19.3 Å². The highest BCUT2D eigenvalue weighted by molar-refractivity contribution is 6.01. The van der Waals surface area contributed by atoms with Crippen LogP contribution >= 0.6 is 0 Å². The van der Waals surface area contributed by atoms with E-state index in [-0.39, 0.29) is 57.7 Å². The standard InChI is InChI=1S/C31H42F3NO4/c1-17-19-6-8-28(4)20-7-9-30(26(38)39-16-31(32,33)34)11-10-27(2,3)14-21(30)24(20)22(36)12-23(28)29(19,5)13-18(15-35)25(17)37/h13,17,19-24,36H,6-12,14,16H2,1-5H3. The van der Waals surface area contributed by atoms with E-state index in [1.165, 1.54) is 0 Å². The monoisotopic (exact) mass is 549 g/mol. The van der Waals surface area contributed by atoms with Crippen molar-refractivity contribution in [2.45, 2.75) is 98.3 Å². The summed E-state index contributed by atoms with van der Waals surface area (Å²) < 4.78 is 44.0. The summed E-state index contributed by atoms with van der Waals surface area (Å²) in [5, 5.41) is 21.6. The molecule has 0 saturated heterocycles. The smallest absolute Gasteiger partial charge is 0.422 e. The number of fused-ring (bicyclic) bond motifs is 7. The van der Waals surface area contributed by atoms with Gasteiger partial charge in [-0.3, -0.25) is 9.59 Å². The average molecular weight is 550 g/mol. The number of alkyl halides is 3. The zero-order valence-electron chi connectivity index (χ0n) is 23.7. The van der Waals surface area contributed by atoms with Gasteiger partial charge in [0.15, 0.2) is 12.4 Å². The van der Waals surface area contributed by atoms with Crippen LogP contribution in [-0.4, -0.2) is 35.7 Å². The number of aliphatic hydroxyl groups is 1. The number of esters is 1. The number of aliphatic hydroxyl groups excluding tert-OH is 1. The van der Waals surface area contributed by atoms with Crippen LogP contribution < -0.4 is 0 Å². The summed E-state index contributed by atoms with van der Waals surface area (Å²) in [6.07, 6.45) is 1.80. The van der Waals surface area contributed by atoms with E-state index in [4.69, 9.17) is 4.74 Å². The molecule has 0 aromatic heterocycles. The number of allylic oxidation sites excluding steroid dienone is 2. The fourth-order valence-corrected chi connectivity index (χ4v) is 10.5. The summed E-state index contributed by atoms with van der Waals surface area (Å²) >= 11 is 0. The van der Waals surface area contributed by atoms with E-state index in [9.17, 15) is 33.1 Å². The molecular weight excluding hydrogens is 507 g/mol. The Morgan fingerprint density at radius 2 is 1.77 bits per heavy atom. The number of Topliss-reactive ketones (excluding diaryl/α,β-unsaturated/α-hetero) is 1. The predicted octanol–water partition coefficient (Wildman–Crippen LogP) is 6.40. The summed E-state index contributed by atoms with van der Waals surface area (Å²) in [5.41, 5.74) is -1.48. The van der Waals surface area contributed by atoms with Crippen molar-refractivity contribution in [2.24, 2.45) is 57.2 Å². The number of ketones is 1. The third-order valence-corrected chi connectivity index (χ3v) is 12.3. The number of ether oxygens (including phenoxy) is 1. The molecule has 10 unspecified atom stereocenters. The summed E-state index contributed by atoms with van der Waals surface area (Å²) in [7, 11) is 0. The molecule has 1 N–H and O–H groups in total. The van der Waals surface area contributed by atoms with Crippen molar-refractivity contribution in [1.82, 2.24) is 0 Å². The Bertz CT molecular complexity index is 1120. The Hall–Kier alpha value is -1.88. The van der Waals surface area contributed by atoms with Gasteiger partial charge < -0.3 is 9.84 Å². The number of hydrogen-bond acceptors (Lipinski definition) is 5. The fourth-order valence-electron chi connectivity index (χ4n) is 10.5. The number of hydrogen-bond donors (Lipinski definition) is 1. The topological polar surface area (TPSA) is 87.4 Å². The first kappa shape index (κ1) is 28.6. The van der Waals surface area contributed by atoms with Crippen LogP contribution in [0.25, 0.3) is 0 Å². The predicted molar refractivity (Wildman–Crippen MR) is 138 cm³/mol. The number of rotatable bonds is 2. The van der Waals surface area contributed by atoms with Crippen LogP contribution in [0.2, 0.25) is 0 Å². The highest BCUT2D eigenvalue weighted by Crippen LogP contribution is 2.71. The maximum Gasteiger partial charge on any atom is 0.422 e. The molecule has 5 aliphatic carbocycles. The van der Waals surface area contributed by atoms with E-state index in [1.54, 1.807) is 0 Å². The number of carbonyl (C=O) groups excluding carboxylic acids is 2. The minimum absolute atomic E-state index is 0.0557. The van der Waals surface area contributed by atoms with Crippen LogP contribution in [0.3, 0.4) is 0 Å². The highest BCUT2D eigenvalue weighted by atomic mass is 19.4. The molecule has 0 spiro atoms. The van der Waals surface area contributed by atoms with Gasteiger partial charge in [-0.05, 0) is 97.2 Å². The Morgan fingerprint density at radius 1 is 1.10 bits per heavy atom. The molecule has 216 valence electrons. The van der Waals surface area contributed by atoms with Gasteiger partial charge in [0, 0.05) is 5.92 Å². The van der Waals surface area contributed by atoms with Gasteiger partial charge in [0.25, 0.3) is 0 Å². The zero-order valence-corrected chi connectivity index (χ0v) is 23.7. The van der Waals surface area contributed by atoms with Gasteiger partial charge in [0.1, 0.15) is 6.07 Å². The Morgan fingerprint density at radius 3 is 2.41 bits per heavy atom. The molecule has 0 aromatic carbocycles. The van der Waals surface area contributed by atoms with Gasteiger partial charge in [-0.25, -0.2) is 0 Å². The van der Waals surface area contributed by atoms with Crippen molar-refractivity contribution in [3.05, 3.63) is 11.6 Å². The molecule has 4 fully saturated rings. The normalized spacial score (nSPS) is 46.9. The third kappa shape index (κ3) is 4.28. The molecule has 0 aromatic rings. The maximum atomic E-state index is 13.5. The molecule has 4 saturated carbocycles. The summed E-state index contributed by atoms with van der Waals surface area (Å²) in [6, 6.07) is 2.12. The van der Waals surface area contributed by atoms with Crippen LogP contribution in [-0.2, 0) is 14.3 Å². The first-order valence-corrected chi connectivity index (χ1v) is 14.6. The third-order valence-electron chi connectivity index (χ3n) is 12.3. The van der Waals surface area contributed by atoms with Crippen molar-refractivity contribution in [3.8, 4) is 6.07 Å². The molecule has 0 heterocycles. The second-order valence-corrected chi connectivity index (χ2v) is 14.7. The second kappa shape index (κ2) is 9.06. The maximum absolute atomic E-state index is 13.5. The van der Waals surface area contributed by atoms with Crippen molar-refractivity contribution in [3.63, 3.8) is 0 Å². The van der Waals surface area contributed by atoms with Crippen molar-refractivity contribution >= 4 is 11.8 Å². The van der Waals surface area contributed by atoms with Gasteiger partial charge in [-0.2, -0.15) is 18.4 Å². The van der Waals surface area contributed by atoms with Crippen molar-refractivity contribution < 1.29 is 32.6 Å². The number of halogens is 3. The molecule has 5 nitrogen and oxygen atoms in total. The lowest BCUT2D eigenvalue weighted by molar-refractivity contribution is -0.229. The number of nitrogens with zero attached hydrogens (tertiary/aromatic N) is 1. The molecule has 0 aliphatic heterocycles. The minimum atomic E-state index is -4.58. The number of carbonyl (C=O) groups is 2. The highest BCUT2D eigenvalue weighted by Gasteiger charge is 2.68. The minimum Gasteiger partial charge on any atom is -0.456 e. The SMILES string of the molecule is CC1C(=O)C(C#N)=CC2(C)C1CCC1(C)C3CCC4(C(=O)OCC(F)(F)F)CCC(C)(C)CC4C3C(O)CC21. The molecule has 0 amide bonds. The summed E-state index contributed by atoms with van der Waals surface area (Å²) in [5.74, 6) is -1.32. The molecule has 10 atom stereocenters. The van der Waals surface area contributed by atoms with Gasteiger partial charge in [0.2, 0.25) is 0 Å². The molecule has 39 heavy (non-hydrogen) atoms. The average Bonchev–Trinajstić information content (AvgIpc) is 2.85. The van der Waals surface area contributed by atoms with Crippen LogP contribution in [0.4, 0.5) is 13.2 Å². The quantitative estimate of drug-likeness (QED) is 0.403. The lowest BCUT2D eigenvalue weighted by Gasteiger charge is -2.68. The molecule has 5 rings (SSSR count). The van der Waals surface area contributed by atoms with Gasteiger partial charge in [-0.15, -0.1) is 0 Å². The Balaban J connectivity index is 1.53. The van der Waals surface area contributed by atoms with E-state index in [1.807, 2.05) is 13.0 Å². The second-order valence-electron chi connectivity index (χ2n) is 14.7. The van der Waals surface area contributed by atoms with Gasteiger partial charge >= 0.3 is 12.1 Å².